The minimum atomic E-state index is 0.0757. The summed E-state index contributed by atoms with van der Waals surface area (Å²) >= 11 is 1.63. The molecule has 4 rings (SSSR count). The summed E-state index contributed by atoms with van der Waals surface area (Å²) in [6, 6.07) is 4.24. The molecular formula is C17H21N5OS. The quantitative estimate of drug-likeness (QED) is 0.924. The zero-order valence-corrected chi connectivity index (χ0v) is 14.6. The summed E-state index contributed by atoms with van der Waals surface area (Å²) in [7, 11) is 0. The zero-order chi connectivity index (χ0) is 16.5. The van der Waals surface area contributed by atoms with Crippen LogP contribution in [0.15, 0.2) is 17.5 Å². The van der Waals surface area contributed by atoms with Crippen molar-refractivity contribution < 1.29 is 4.79 Å². The van der Waals surface area contributed by atoms with E-state index in [0.29, 0.717) is 17.7 Å². The van der Waals surface area contributed by atoms with Gasteiger partial charge in [-0.1, -0.05) is 0 Å². The van der Waals surface area contributed by atoms with E-state index in [0.717, 1.165) is 42.5 Å². The molecule has 0 aromatic carbocycles. The van der Waals surface area contributed by atoms with Crippen molar-refractivity contribution in [3.8, 4) is 0 Å². The molecule has 0 radical (unpaired) electrons. The fourth-order valence-corrected chi connectivity index (χ4v) is 3.94. The summed E-state index contributed by atoms with van der Waals surface area (Å²) in [5, 5.41) is 14.7. The van der Waals surface area contributed by atoms with Crippen molar-refractivity contribution in [2.75, 3.05) is 18.4 Å². The third-order valence-corrected chi connectivity index (χ3v) is 5.61. The highest BCUT2D eigenvalue weighted by molar-refractivity contribution is 7.10. The molecule has 0 bridgehead atoms. The number of aromatic nitrogens is 3. The lowest BCUT2D eigenvalue weighted by molar-refractivity contribution is 0.0713. The van der Waals surface area contributed by atoms with Gasteiger partial charge in [-0.2, -0.15) is 5.10 Å². The van der Waals surface area contributed by atoms with Gasteiger partial charge in [-0.3, -0.25) is 4.79 Å². The maximum Gasteiger partial charge on any atom is 0.273 e. The number of carbonyl (C=O) groups excluding carboxylic acids is 1. The Labute approximate surface area is 145 Å². The third-order valence-electron chi connectivity index (χ3n) is 4.60. The number of likely N-dealkylation sites (tertiary alicyclic amines) is 1. The van der Waals surface area contributed by atoms with E-state index in [2.05, 4.69) is 20.5 Å². The number of nitrogens with zero attached hydrogens (tertiary/aromatic N) is 4. The molecule has 6 nitrogen and oxygen atoms in total. The number of thiazole rings is 1. The van der Waals surface area contributed by atoms with Crippen molar-refractivity contribution >= 4 is 23.1 Å². The predicted octanol–water partition coefficient (Wildman–Crippen LogP) is 2.84. The van der Waals surface area contributed by atoms with Crippen LogP contribution in [0.3, 0.4) is 0 Å². The van der Waals surface area contributed by atoms with Gasteiger partial charge in [0, 0.05) is 30.4 Å². The second kappa shape index (κ2) is 6.47. The van der Waals surface area contributed by atoms with Crippen LogP contribution < -0.4 is 5.32 Å². The van der Waals surface area contributed by atoms with Crippen molar-refractivity contribution in [1.82, 2.24) is 20.1 Å². The van der Waals surface area contributed by atoms with Gasteiger partial charge in [0.05, 0.1) is 10.7 Å². The number of amides is 1. The molecule has 0 atom stereocenters. The number of anilines is 1. The topological polar surface area (TPSA) is 71.0 Å². The Morgan fingerprint density at radius 1 is 1.21 bits per heavy atom. The number of carbonyl (C=O) groups is 1. The predicted molar refractivity (Wildman–Crippen MR) is 93.4 cm³/mol. The summed E-state index contributed by atoms with van der Waals surface area (Å²) in [5.74, 6) is 1.49. The lowest BCUT2D eigenvalue weighted by Gasteiger charge is -2.32. The second-order valence-corrected chi connectivity index (χ2v) is 7.51. The van der Waals surface area contributed by atoms with Crippen molar-refractivity contribution in [2.24, 2.45) is 0 Å². The highest BCUT2D eigenvalue weighted by Gasteiger charge is 2.29. The van der Waals surface area contributed by atoms with Crippen molar-refractivity contribution in [3.63, 3.8) is 0 Å². The number of rotatable bonds is 4. The highest BCUT2D eigenvalue weighted by Crippen LogP contribution is 2.41. The number of hydrogen-bond acceptors (Lipinski definition) is 6. The monoisotopic (exact) mass is 343 g/mol. The molecule has 126 valence electrons. The first kappa shape index (κ1) is 15.5. The molecule has 24 heavy (non-hydrogen) atoms. The Morgan fingerprint density at radius 2 is 2.00 bits per heavy atom. The van der Waals surface area contributed by atoms with E-state index in [1.165, 1.54) is 12.8 Å². The Kier molecular flexibility index (Phi) is 4.18. The van der Waals surface area contributed by atoms with Gasteiger partial charge in [-0.05, 0) is 44.7 Å². The number of hydrogen-bond donors (Lipinski definition) is 1. The second-order valence-electron chi connectivity index (χ2n) is 6.62. The maximum atomic E-state index is 12.6. The van der Waals surface area contributed by atoms with Gasteiger partial charge in [0.2, 0.25) is 0 Å². The van der Waals surface area contributed by atoms with Gasteiger partial charge >= 0.3 is 0 Å². The third kappa shape index (κ3) is 3.40. The van der Waals surface area contributed by atoms with Crippen LogP contribution in [0, 0.1) is 6.92 Å². The first-order valence-electron chi connectivity index (χ1n) is 8.50. The summed E-state index contributed by atoms with van der Waals surface area (Å²) in [5.41, 5.74) is 1.53. The standard InChI is InChI=1S/C17H21N5OS/c1-11-2-5-15(21-20-11)18-13-6-8-22(9-7-13)17(23)14-10-24-16(19-14)12-3-4-12/h2,5,10,12-13H,3-4,6-9H2,1H3,(H,18,21). The number of piperidine rings is 1. The first-order chi connectivity index (χ1) is 11.7. The fraction of sp³-hybridized carbons (Fsp3) is 0.529. The molecule has 0 spiro atoms. The summed E-state index contributed by atoms with van der Waals surface area (Å²) in [4.78, 5) is 19.0. The molecule has 1 aliphatic carbocycles. The molecule has 0 unspecified atom stereocenters. The number of nitrogens with one attached hydrogen (secondary N) is 1. The molecule has 1 amide bonds. The van der Waals surface area contributed by atoms with Gasteiger partial charge in [0.1, 0.15) is 11.5 Å². The van der Waals surface area contributed by atoms with Gasteiger partial charge in [-0.15, -0.1) is 16.4 Å². The fourth-order valence-electron chi connectivity index (χ4n) is 2.98. The average molecular weight is 343 g/mol. The van der Waals surface area contributed by atoms with E-state index in [1.54, 1.807) is 11.3 Å². The lowest BCUT2D eigenvalue weighted by atomic mass is 10.0. The summed E-state index contributed by atoms with van der Waals surface area (Å²) < 4.78 is 0. The highest BCUT2D eigenvalue weighted by atomic mass is 32.1. The average Bonchev–Trinajstić information content (AvgIpc) is 3.34. The smallest absolute Gasteiger partial charge is 0.273 e. The molecule has 1 N–H and O–H groups in total. The molecule has 2 aromatic rings. The van der Waals surface area contributed by atoms with E-state index in [-0.39, 0.29) is 5.91 Å². The van der Waals surface area contributed by atoms with Crippen LogP contribution in [0.1, 0.15) is 52.8 Å². The van der Waals surface area contributed by atoms with E-state index >= 15 is 0 Å². The Morgan fingerprint density at radius 3 is 2.67 bits per heavy atom. The normalized spacial score (nSPS) is 18.6. The Balaban J connectivity index is 1.31. The minimum absolute atomic E-state index is 0.0757. The Bertz CT molecular complexity index is 717. The van der Waals surface area contributed by atoms with Crippen LogP contribution in [0.2, 0.25) is 0 Å². The van der Waals surface area contributed by atoms with Gasteiger partial charge in [0.15, 0.2) is 0 Å². The van der Waals surface area contributed by atoms with Crippen LogP contribution in [0.5, 0.6) is 0 Å². The van der Waals surface area contributed by atoms with E-state index in [1.807, 2.05) is 29.3 Å². The molecule has 2 aromatic heterocycles. The van der Waals surface area contributed by atoms with Crippen molar-refractivity contribution in [3.05, 3.63) is 33.9 Å². The molecule has 1 saturated heterocycles. The molecule has 2 aliphatic rings. The van der Waals surface area contributed by atoms with Crippen molar-refractivity contribution in [2.45, 2.75) is 44.6 Å². The van der Waals surface area contributed by atoms with Gasteiger partial charge in [0.25, 0.3) is 5.91 Å². The summed E-state index contributed by atoms with van der Waals surface area (Å²) in [6.45, 7) is 3.44. The van der Waals surface area contributed by atoms with Crippen LogP contribution in [0.4, 0.5) is 5.82 Å². The first-order valence-corrected chi connectivity index (χ1v) is 9.38. The molecule has 3 heterocycles. The van der Waals surface area contributed by atoms with Crippen LogP contribution >= 0.6 is 11.3 Å². The molecule has 1 aliphatic heterocycles. The van der Waals surface area contributed by atoms with Crippen LogP contribution in [0.25, 0.3) is 0 Å². The minimum Gasteiger partial charge on any atom is -0.366 e. The SMILES string of the molecule is Cc1ccc(NC2CCN(C(=O)c3csc(C4CC4)n3)CC2)nn1. The molecule has 1 saturated carbocycles. The Hall–Kier alpha value is -2.02. The van der Waals surface area contributed by atoms with Crippen LogP contribution in [-0.2, 0) is 0 Å². The lowest BCUT2D eigenvalue weighted by Crippen LogP contribution is -2.42. The van der Waals surface area contributed by atoms with Crippen molar-refractivity contribution in [1.29, 1.82) is 0 Å². The van der Waals surface area contributed by atoms with Gasteiger partial charge < -0.3 is 10.2 Å². The summed E-state index contributed by atoms with van der Waals surface area (Å²) in [6.07, 6.45) is 4.28. The van der Waals surface area contributed by atoms with Gasteiger partial charge in [-0.25, -0.2) is 4.98 Å². The maximum absolute atomic E-state index is 12.6. The molecule has 2 fully saturated rings. The van der Waals surface area contributed by atoms with E-state index < -0.39 is 0 Å². The zero-order valence-electron chi connectivity index (χ0n) is 13.7. The van der Waals surface area contributed by atoms with E-state index in [4.69, 9.17) is 0 Å². The number of aryl methyl sites for hydroxylation is 1. The molecular weight excluding hydrogens is 322 g/mol. The van der Waals surface area contributed by atoms with E-state index in [9.17, 15) is 4.79 Å². The van der Waals surface area contributed by atoms with Crippen LogP contribution in [-0.4, -0.2) is 45.1 Å². The molecule has 7 heteroatoms. The largest absolute Gasteiger partial charge is 0.366 e.